The van der Waals surface area contributed by atoms with Gasteiger partial charge in [-0.15, -0.1) is 9.35 Å². The monoisotopic (exact) mass is 262 g/mol. The topological polar surface area (TPSA) is 44.8 Å². The number of aldehydes is 1. The van der Waals surface area contributed by atoms with Crippen LogP contribution in [-0.2, 0) is 31.3 Å². The van der Waals surface area contributed by atoms with E-state index in [0.717, 1.165) is 11.8 Å². The summed E-state index contributed by atoms with van der Waals surface area (Å²) in [6.07, 6.45) is 1.71. The number of hydrogen-bond donors (Lipinski definition) is 0. The Morgan fingerprint density at radius 1 is 1.24 bits per heavy atom. The Bertz CT molecular complexity index is 392. The maximum absolute atomic E-state index is 13.6. The van der Waals surface area contributed by atoms with Gasteiger partial charge in [0.1, 0.15) is 6.29 Å². The van der Waals surface area contributed by atoms with Gasteiger partial charge in [-0.3, -0.25) is 0 Å². The maximum Gasteiger partial charge on any atom is 0.345 e. The van der Waals surface area contributed by atoms with Crippen molar-refractivity contribution in [2.45, 2.75) is 18.5 Å². The molecule has 0 bridgehead atoms. The second-order valence-corrected chi connectivity index (χ2v) is 4.79. The third-order valence-corrected chi connectivity index (χ3v) is 3.39. The predicted molar refractivity (Wildman–Crippen MR) is 54.9 cm³/mol. The minimum absolute atomic E-state index is 0.193. The van der Waals surface area contributed by atoms with Gasteiger partial charge >= 0.3 is 14.0 Å². The second kappa shape index (κ2) is 5.14. The van der Waals surface area contributed by atoms with E-state index < -0.39 is 14.0 Å². The van der Waals surface area contributed by atoms with Crippen LogP contribution in [0.5, 0.6) is 0 Å². The van der Waals surface area contributed by atoms with Crippen molar-refractivity contribution in [3.63, 3.8) is 0 Å². The molecular weight excluding hydrogens is 253 g/mol. The standard InChI is InChI=1S/C10H9F2O4P/c11-10(12,17-15-14-16-17)9-5-3-8(4-6-9)2-1-7-13/h3-7H,1-2H2. The minimum atomic E-state index is -3.20. The van der Waals surface area contributed by atoms with E-state index in [1.165, 1.54) is 12.1 Å². The molecule has 4 nitrogen and oxygen atoms in total. The fourth-order valence-corrected chi connectivity index (χ4v) is 2.03. The van der Waals surface area contributed by atoms with Gasteiger partial charge in [0.05, 0.1) is 0 Å². The molecule has 0 atom stereocenters. The highest BCUT2D eigenvalue weighted by Crippen LogP contribution is 2.65. The van der Waals surface area contributed by atoms with E-state index >= 15 is 0 Å². The summed E-state index contributed by atoms with van der Waals surface area (Å²) in [5.41, 5.74) is -2.56. The first-order chi connectivity index (χ1) is 8.14. The van der Waals surface area contributed by atoms with Crippen molar-refractivity contribution in [3.05, 3.63) is 35.4 Å². The average molecular weight is 262 g/mol. The molecule has 17 heavy (non-hydrogen) atoms. The van der Waals surface area contributed by atoms with Gasteiger partial charge in [0.25, 0.3) is 0 Å². The molecule has 0 radical (unpaired) electrons. The highest BCUT2D eigenvalue weighted by Gasteiger charge is 2.52. The van der Waals surface area contributed by atoms with Crippen LogP contribution >= 0.6 is 8.38 Å². The molecule has 0 aliphatic carbocycles. The highest BCUT2D eigenvalue weighted by molar-refractivity contribution is 7.48. The summed E-state index contributed by atoms with van der Waals surface area (Å²) in [7, 11) is -2.35. The van der Waals surface area contributed by atoms with E-state index in [-0.39, 0.29) is 5.56 Å². The van der Waals surface area contributed by atoms with E-state index in [9.17, 15) is 13.6 Å². The Balaban J connectivity index is 2.08. The Morgan fingerprint density at radius 3 is 2.35 bits per heavy atom. The molecule has 1 fully saturated rings. The molecule has 1 aromatic carbocycles. The van der Waals surface area contributed by atoms with Gasteiger partial charge in [0.15, 0.2) is 0 Å². The molecule has 1 aliphatic rings. The number of hydrogen-bond acceptors (Lipinski definition) is 4. The van der Waals surface area contributed by atoms with Crippen molar-refractivity contribution in [2.75, 3.05) is 0 Å². The quantitative estimate of drug-likeness (QED) is 0.464. The summed E-state index contributed by atoms with van der Waals surface area (Å²) in [5, 5.41) is 3.83. The van der Waals surface area contributed by atoms with Crippen LogP contribution in [0.3, 0.4) is 0 Å². The Labute approximate surface area is 97.3 Å². The average Bonchev–Trinajstić information content (AvgIpc) is 2.24. The number of carbonyl (C=O) groups is 1. The number of rotatable bonds is 5. The van der Waals surface area contributed by atoms with E-state index in [0.29, 0.717) is 12.8 Å². The van der Waals surface area contributed by atoms with Crippen molar-refractivity contribution >= 4 is 14.7 Å². The van der Waals surface area contributed by atoms with Gasteiger partial charge in [-0.05, 0) is 12.0 Å². The second-order valence-electron chi connectivity index (χ2n) is 3.42. The van der Waals surface area contributed by atoms with Gasteiger partial charge in [-0.1, -0.05) is 29.3 Å². The number of carbonyl (C=O) groups excluding carboxylic acids is 1. The fourth-order valence-electron chi connectivity index (χ4n) is 1.36. The molecule has 0 N–H and O–H groups in total. The largest absolute Gasteiger partial charge is 0.345 e. The molecule has 0 spiro atoms. The van der Waals surface area contributed by atoms with Crippen molar-refractivity contribution in [1.82, 2.24) is 0 Å². The molecule has 0 amide bonds. The molecular formula is C10H9F2O4P. The van der Waals surface area contributed by atoms with Crippen molar-refractivity contribution in [1.29, 1.82) is 0 Å². The molecule has 0 saturated carbocycles. The minimum Gasteiger partial charge on any atom is -0.303 e. The molecule has 7 heteroatoms. The molecule has 0 aromatic heterocycles. The van der Waals surface area contributed by atoms with Crippen LogP contribution in [0.25, 0.3) is 0 Å². The summed E-state index contributed by atoms with van der Waals surface area (Å²) in [6.45, 7) is 0. The van der Waals surface area contributed by atoms with Crippen LogP contribution in [-0.4, -0.2) is 6.29 Å². The zero-order chi connectivity index (χ0) is 12.3. The summed E-state index contributed by atoms with van der Waals surface area (Å²) in [6, 6.07) is 5.71. The molecule has 2 rings (SSSR count). The van der Waals surface area contributed by atoms with Crippen molar-refractivity contribution in [2.24, 2.45) is 0 Å². The summed E-state index contributed by atoms with van der Waals surface area (Å²) in [5.74, 6) is 0. The first kappa shape index (κ1) is 12.5. The van der Waals surface area contributed by atoms with Crippen LogP contribution in [0, 0.1) is 0 Å². The van der Waals surface area contributed by atoms with E-state index in [2.05, 4.69) is 14.4 Å². The summed E-state index contributed by atoms with van der Waals surface area (Å²) < 4.78 is 35.6. The van der Waals surface area contributed by atoms with Gasteiger partial charge < -0.3 is 4.79 Å². The number of halogens is 2. The third kappa shape index (κ3) is 2.66. The first-order valence-electron chi connectivity index (χ1n) is 4.87. The van der Waals surface area contributed by atoms with E-state index in [4.69, 9.17) is 0 Å². The van der Waals surface area contributed by atoms with Crippen LogP contribution in [0.15, 0.2) is 24.3 Å². The molecule has 92 valence electrons. The fraction of sp³-hybridized carbons (Fsp3) is 0.300. The molecule has 0 unspecified atom stereocenters. The zero-order valence-corrected chi connectivity index (χ0v) is 9.53. The number of aryl methyl sites for hydroxylation is 1. The molecule has 1 aliphatic heterocycles. The van der Waals surface area contributed by atoms with Crippen molar-refractivity contribution in [3.8, 4) is 0 Å². The normalized spacial score (nSPS) is 16.6. The van der Waals surface area contributed by atoms with E-state index in [1.54, 1.807) is 12.1 Å². The Kier molecular flexibility index (Phi) is 3.79. The zero-order valence-electron chi connectivity index (χ0n) is 8.64. The van der Waals surface area contributed by atoms with Crippen LogP contribution in [0.4, 0.5) is 8.78 Å². The lowest BCUT2D eigenvalue weighted by Crippen LogP contribution is -2.20. The predicted octanol–water partition coefficient (Wildman–Crippen LogP) is 3.07. The summed E-state index contributed by atoms with van der Waals surface area (Å²) in [4.78, 5) is 10.2. The lowest BCUT2D eigenvalue weighted by atomic mass is 10.1. The summed E-state index contributed by atoms with van der Waals surface area (Å²) >= 11 is 0. The van der Waals surface area contributed by atoms with E-state index in [1.807, 2.05) is 0 Å². The van der Waals surface area contributed by atoms with Gasteiger partial charge in [0, 0.05) is 12.0 Å². The number of alkyl halides is 2. The molecule has 1 heterocycles. The SMILES string of the molecule is O=CCCc1ccc(C(F)(F)P2OOO2)cc1. The van der Waals surface area contributed by atoms with Crippen LogP contribution < -0.4 is 0 Å². The van der Waals surface area contributed by atoms with Crippen LogP contribution in [0.1, 0.15) is 17.5 Å². The maximum atomic E-state index is 13.6. The molecule has 1 saturated heterocycles. The highest BCUT2D eigenvalue weighted by atomic mass is 31.2. The van der Waals surface area contributed by atoms with Crippen LogP contribution in [0.2, 0.25) is 0 Å². The Hall–Kier alpha value is -0.940. The number of benzene rings is 1. The third-order valence-electron chi connectivity index (χ3n) is 2.28. The van der Waals surface area contributed by atoms with Gasteiger partial charge in [-0.25, -0.2) is 0 Å². The van der Waals surface area contributed by atoms with Crippen molar-refractivity contribution < 1.29 is 28.0 Å². The smallest absolute Gasteiger partial charge is 0.303 e. The lowest BCUT2D eigenvalue weighted by Gasteiger charge is -2.28. The lowest BCUT2D eigenvalue weighted by molar-refractivity contribution is -0.484. The van der Waals surface area contributed by atoms with Gasteiger partial charge in [-0.2, -0.15) is 8.78 Å². The van der Waals surface area contributed by atoms with Gasteiger partial charge in [0.2, 0.25) is 0 Å². The Morgan fingerprint density at radius 2 is 1.88 bits per heavy atom. The first-order valence-corrected chi connectivity index (χ1v) is 6.05. The molecule has 1 aromatic rings.